The first-order valence-corrected chi connectivity index (χ1v) is 10.1. The fourth-order valence-electron chi connectivity index (χ4n) is 4.35. The SMILES string of the molecule is CCc1ccccc1CN1CCCn2cccc2[C@H]1c1cccc(C(F)(F)F)c1. The van der Waals surface area contributed by atoms with E-state index >= 15 is 0 Å². The van der Waals surface area contributed by atoms with E-state index in [4.69, 9.17) is 0 Å². The molecule has 0 spiro atoms. The Morgan fingerprint density at radius 1 is 0.931 bits per heavy atom. The lowest BCUT2D eigenvalue weighted by Crippen LogP contribution is -2.30. The van der Waals surface area contributed by atoms with Crippen molar-refractivity contribution in [3.05, 3.63) is 94.8 Å². The molecule has 2 aromatic carbocycles. The summed E-state index contributed by atoms with van der Waals surface area (Å²) in [5.74, 6) is 0. The largest absolute Gasteiger partial charge is 0.416 e. The summed E-state index contributed by atoms with van der Waals surface area (Å²) in [5.41, 5.74) is 3.68. The molecule has 1 aliphatic heterocycles. The highest BCUT2D eigenvalue weighted by Crippen LogP contribution is 2.36. The second-order valence-electron chi connectivity index (χ2n) is 7.60. The van der Waals surface area contributed by atoms with E-state index in [0.29, 0.717) is 5.56 Å². The van der Waals surface area contributed by atoms with E-state index in [1.807, 2.05) is 36.5 Å². The van der Waals surface area contributed by atoms with Crippen LogP contribution >= 0.6 is 0 Å². The number of hydrogen-bond donors (Lipinski definition) is 0. The normalized spacial score (nSPS) is 17.7. The second kappa shape index (κ2) is 8.07. The van der Waals surface area contributed by atoms with Crippen molar-refractivity contribution >= 4 is 0 Å². The van der Waals surface area contributed by atoms with Crippen molar-refractivity contribution in [2.24, 2.45) is 0 Å². The summed E-state index contributed by atoms with van der Waals surface area (Å²) in [6, 6.07) is 18.0. The first-order valence-electron chi connectivity index (χ1n) is 10.1. The minimum atomic E-state index is -4.34. The van der Waals surface area contributed by atoms with Crippen LogP contribution in [0.4, 0.5) is 13.2 Å². The van der Waals surface area contributed by atoms with Crippen molar-refractivity contribution in [3.63, 3.8) is 0 Å². The molecular formula is C24H25F3N2. The Morgan fingerprint density at radius 2 is 1.72 bits per heavy atom. The maximum absolute atomic E-state index is 13.4. The van der Waals surface area contributed by atoms with Gasteiger partial charge in [-0.3, -0.25) is 4.90 Å². The summed E-state index contributed by atoms with van der Waals surface area (Å²) in [4.78, 5) is 2.32. The highest BCUT2D eigenvalue weighted by molar-refractivity contribution is 5.35. The molecule has 2 nitrogen and oxygen atoms in total. The number of fused-ring (bicyclic) bond motifs is 1. The summed E-state index contributed by atoms with van der Waals surface area (Å²) in [6.45, 7) is 4.57. The number of aryl methyl sites for hydroxylation is 2. The minimum absolute atomic E-state index is 0.209. The van der Waals surface area contributed by atoms with Gasteiger partial charge in [-0.1, -0.05) is 43.3 Å². The first kappa shape index (κ1) is 19.8. The van der Waals surface area contributed by atoms with Crippen LogP contribution in [0.15, 0.2) is 66.9 Å². The maximum atomic E-state index is 13.4. The van der Waals surface area contributed by atoms with Gasteiger partial charge in [-0.05, 0) is 53.8 Å². The summed E-state index contributed by atoms with van der Waals surface area (Å²) in [7, 11) is 0. The van der Waals surface area contributed by atoms with Crippen LogP contribution in [-0.2, 0) is 25.7 Å². The fraction of sp³-hybridized carbons (Fsp3) is 0.333. The molecular weight excluding hydrogens is 373 g/mol. The van der Waals surface area contributed by atoms with Gasteiger partial charge < -0.3 is 4.57 Å². The van der Waals surface area contributed by atoms with Gasteiger partial charge in [0.25, 0.3) is 0 Å². The number of hydrogen-bond acceptors (Lipinski definition) is 1. The van der Waals surface area contributed by atoms with Gasteiger partial charge in [0.15, 0.2) is 0 Å². The number of alkyl halides is 3. The van der Waals surface area contributed by atoms with Gasteiger partial charge in [-0.2, -0.15) is 13.2 Å². The van der Waals surface area contributed by atoms with E-state index in [-0.39, 0.29) is 6.04 Å². The monoisotopic (exact) mass is 398 g/mol. The van der Waals surface area contributed by atoms with Crippen LogP contribution in [0, 0.1) is 0 Å². The lowest BCUT2D eigenvalue weighted by Gasteiger charge is -2.31. The molecule has 0 saturated heterocycles. The Hall–Kier alpha value is -2.53. The Morgan fingerprint density at radius 3 is 2.48 bits per heavy atom. The molecule has 0 saturated carbocycles. The van der Waals surface area contributed by atoms with Crippen molar-refractivity contribution in [1.29, 1.82) is 0 Å². The number of halogens is 3. The van der Waals surface area contributed by atoms with Crippen LogP contribution in [-0.4, -0.2) is 16.0 Å². The molecule has 0 amide bonds. The standard InChI is InChI=1S/C24H25F3N2/c1-2-18-8-3-4-9-20(18)17-29-15-7-14-28-13-6-12-22(28)23(29)19-10-5-11-21(16-19)24(25,26)27/h3-6,8-13,16,23H,2,7,14-15,17H2,1H3/t23-/m1/s1. The first-order chi connectivity index (χ1) is 14.0. The van der Waals surface area contributed by atoms with Crippen molar-refractivity contribution in [1.82, 2.24) is 9.47 Å². The molecule has 2 heterocycles. The fourth-order valence-corrected chi connectivity index (χ4v) is 4.35. The molecule has 4 rings (SSSR count). The molecule has 1 aromatic heterocycles. The van der Waals surface area contributed by atoms with Gasteiger partial charge in [0, 0.05) is 31.5 Å². The van der Waals surface area contributed by atoms with Gasteiger partial charge in [0.05, 0.1) is 11.6 Å². The third-order valence-electron chi connectivity index (χ3n) is 5.76. The van der Waals surface area contributed by atoms with Gasteiger partial charge in [0.1, 0.15) is 0 Å². The van der Waals surface area contributed by atoms with Gasteiger partial charge >= 0.3 is 6.18 Å². The Bertz CT molecular complexity index is 974. The Balaban J connectivity index is 1.78. The minimum Gasteiger partial charge on any atom is -0.350 e. The van der Waals surface area contributed by atoms with Crippen molar-refractivity contribution in [2.45, 2.75) is 45.1 Å². The molecule has 0 radical (unpaired) electrons. The third kappa shape index (κ3) is 4.10. The number of rotatable bonds is 4. The van der Waals surface area contributed by atoms with Crippen molar-refractivity contribution < 1.29 is 13.2 Å². The molecule has 0 aliphatic carbocycles. The molecule has 0 fully saturated rings. The Kier molecular flexibility index (Phi) is 5.50. The quantitative estimate of drug-likeness (QED) is 0.518. The highest BCUT2D eigenvalue weighted by Gasteiger charge is 2.33. The van der Waals surface area contributed by atoms with Crippen LogP contribution in [0.2, 0.25) is 0 Å². The number of benzene rings is 2. The zero-order chi connectivity index (χ0) is 20.4. The molecule has 0 N–H and O–H groups in total. The van der Waals surface area contributed by atoms with Gasteiger partial charge in [-0.15, -0.1) is 0 Å². The zero-order valence-corrected chi connectivity index (χ0v) is 16.5. The summed E-state index contributed by atoms with van der Waals surface area (Å²) in [6.07, 6.45) is -0.415. The molecule has 5 heteroatoms. The van der Waals surface area contributed by atoms with Crippen LogP contribution in [0.5, 0.6) is 0 Å². The molecule has 29 heavy (non-hydrogen) atoms. The van der Waals surface area contributed by atoms with E-state index in [9.17, 15) is 13.2 Å². The number of aromatic nitrogens is 1. The van der Waals surface area contributed by atoms with E-state index in [2.05, 4.69) is 28.5 Å². The van der Waals surface area contributed by atoms with E-state index in [1.165, 1.54) is 23.3 Å². The molecule has 0 bridgehead atoms. The van der Waals surface area contributed by atoms with Gasteiger partial charge in [-0.25, -0.2) is 0 Å². The molecule has 0 unspecified atom stereocenters. The van der Waals surface area contributed by atoms with Crippen LogP contribution in [0.3, 0.4) is 0 Å². The summed E-state index contributed by atoms with van der Waals surface area (Å²) in [5, 5.41) is 0. The number of nitrogens with zero attached hydrogens (tertiary/aromatic N) is 2. The van der Waals surface area contributed by atoms with Crippen molar-refractivity contribution in [3.8, 4) is 0 Å². The van der Waals surface area contributed by atoms with Crippen molar-refractivity contribution in [2.75, 3.05) is 6.54 Å². The lowest BCUT2D eigenvalue weighted by molar-refractivity contribution is -0.137. The zero-order valence-electron chi connectivity index (χ0n) is 16.5. The smallest absolute Gasteiger partial charge is 0.350 e. The van der Waals surface area contributed by atoms with Crippen LogP contribution in [0.25, 0.3) is 0 Å². The molecule has 1 aliphatic rings. The molecule has 1 atom stereocenters. The van der Waals surface area contributed by atoms with E-state index in [0.717, 1.165) is 44.2 Å². The molecule has 152 valence electrons. The van der Waals surface area contributed by atoms with Crippen LogP contribution < -0.4 is 0 Å². The predicted octanol–water partition coefficient (Wildman–Crippen LogP) is 6.06. The van der Waals surface area contributed by atoms with Crippen LogP contribution in [0.1, 0.15) is 47.3 Å². The van der Waals surface area contributed by atoms with E-state index < -0.39 is 11.7 Å². The summed E-state index contributed by atoms with van der Waals surface area (Å²) >= 11 is 0. The average Bonchev–Trinajstić information content (AvgIpc) is 3.09. The second-order valence-corrected chi connectivity index (χ2v) is 7.60. The Labute approximate surface area is 169 Å². The van der Waals surface area contributed by atoms with E-state index in [1.54, 1.807) is 0 Å². The average molecular weight is 398 g/mol. The predicted molar refractivity (Wildman–Crippen MR) is 109 cm³/mol. The summed E-state index contributed by atoms with van der Waals surface area (Å²) < 4.78 is 42.3. The lowest BCUT2D eigenvalue weighted by atomic mass is 9.97. The van der Waals surface area contributed by atoms with Gasteiger partial charge in [0.2, 0.25) is 0 Å². The topological polar surface area (TPSA) is 8.17 Å². The highest BCUT2D eigenvalue weighted by atomic mass is 19.4. The maximum Gasteiger partial charge on any atom is 0.416 e. The third-order valence-corrected chi connectivity index (χ3v) is 5.76. The molecule has 3 aromatic rings.